The molecule has 142 valence electrons. The van der Waals surface area contributed by atoms with Gasteiger partial charge in [0.1, 0.15) is 0 Å². The van der Waals surface area contributed by atoms with Crippen molar-refractivity contribution in [1.29, 1.82) is 0 Å². The standard InChI is InChI=1S/C23H21ClN2OS/c1-16(23(27)26-14-17-3-9-21(28-2)10-4-17)13-19-11-12-25-15-22(19)18-5-7-20(24)8-6-18/h3-13,15H,14H2,1-2H3,(H,26,27)/b16-13+. The van der Waals surface area contributed by atoms with Crippen molar-refractivity contribution in [3.63, 3.8) is 0 Å². The minimum Gasteiger partial charge on any atom is -0.348 e. The van der Waals surface area contributed by atoms with Crippen LogP contribution in [0.25, 0.3) is 17.2 Å². The molecule has 0 spiro atoms. The van der Waals surface area contributed by atoms with Gasteiger partial charge in [0.05, 0.1) is 0 Å². The lowest BCUT2D eigenvalue weighted by Gasteiger charge is -2.09. The van der Waals surface area contributed by atoms with Crippen molar-refractivity contribution >= 4 is 35.3 Å². The van der Waals surface area contributed by atoms with E-state index in [-0.39, 0.29) is 5.91 Å². The van der Waals surface area contributed by atoms with Crippen molar-refractivity contribution in [1.82, 2.24) is 10.3 Å². The van der Waals surface area contributed by atoms with Crippen LogP contribution < -0.4 is 5.32 Å². The van der Waals surface area contributed by atoms with Crippen LogP contribution in [0.3, 0.4) is 0 Å². The number of hydrogen-bond acceptors (Lipinski definition) is 3. The number of carbonyl (C=O) groups is 1. The molecule has 1 aromatic heterocycles. The summed E-state index contributed by atoms with van der Waals surface area (Å²) in [6, 6.07) is 17.7. The van der Waals surface area contributed by atoms with Gasteiger partial charge in [-0.1, -0.05) is 35.9 Å². The smallest absolute Gasteiger partial charge is 0.247 e. The van der Waals surface area contributed by atoms with Gasteiger partial charge >= 0.3 is 0 Å². The number of thioether (sulfide) groups is 1. The largest absolute Gasteiger partial charge is 0.348 e. The van der Waals surface area contributed by atoms with Gasteiger partial charge in [-0.15, -0.1) is 11.8 Å². The molecule has 2 aromatic carbocycles. The SMILES string of the molecule is CSc1ccc(CNC(=O)/C(C)=C/c2ccncc2-c2ccc(Cl)cc2)cc1. The van der Waals surface area contributed by atoms with Crippen LogP contribution in [-0.2, 0) is 11.3 Å². The second kappa shape index (κ2) is 9.58. The highest BCUT2D eigenvalue weighted by Crippen LogP contribution is 2.26. The summed E-state index contributed by atoms with van der Waals surface area (Å²) in [5.41, 5.74) is 4.62. The molecule has 28 heavy (non-hydrogen) atoms. The molecule has 3 nitrogen and oxygen atoms in total. The Bertz CT molecular complexity index is 982. The van der Waals surface area contributed by atoms with Gasteiger partial charge in [0, 0.05) is 40.0 Å². The third kappa shape index (κ3) is 5.24. The van der Waals surface area contributed by atoms with Gasteiger partial charge in [0.25, 0.3) is 0 Å². The first kappa shape index (κ1) is 20.2. The summed E-state index contributed by atoms with van der Waals surface area (Å²) in [6.07, 6.45) is 7.46. The highest BCUT2D eigenvalue weighted by atomic mass is 35.5. The van der Waals surface area contributed by atoms with Crippen LogP contribution in [0.1, 0.15) is 18.1 Å². The molecule has 1 N–H and O–H groups in total. The number of benzene rings is 2. The molecule has 0 saturated heterocycles. The topological polar surface area (TPSA) is 42.0 Å². The molecule has 0 atom stereocenters. The predicted molar refractivity (Wildman–Crippen MR) is 118 cm³/mol. The van der Waals surface area contributed by atoms with Crippen molar-refractivity contribution in [2.75, 3.05) is 6.26 Å². The first-order valence-electron chi connectivity index (χ1n) is 8.86. The molecular formula is C23H21ClN2OS. The molecule has 3 aromatic rings. The maximum Gasteiger partial charge on any atom is 0.247 e. The summed E-state index contributed by atoms with van der Waals surface area (Å²) in [5, 5.41) is 3.66. The summed E-state index contributed by atoms with van der Waals surface area (Å²) in [6.45, 7) is 2.32. The molecule has 0 fully saturated rings. The Labute approximate surface area is 174 Å². The van der Waals surface area contributed by atoms with Gasteiger partial charge in [0.15, 0.2) is 0 Å². The first-order chi connectivity index (χ1) is 13.6. The van der Waals surface area contributed by atoms with Crippen LogP contribution in [-0.4, -0.2) is 17.1 Å². The number of rotatable bonds is 6. The van der Waals surface area contributed by atoms with E-state index in [0.29, 0.717) is 17.1 Å². The van der Waals surface area contributed by atoms with Gasteiger partial charge in [0.2, 0.25) is 5.91 Å². The monoisotopic (exact) mass is 408 g/mol. The number of amides is 1. The maximum absolute atomic E-state index is 12.5. The third-order valence-corrected chi connectivity index (χ3v) is 5.35. The molecule has 0 radical (unpaired) electrons. The number of nitrogens with one attached hydrogen (secondary N) is 1. The van der Waals surface area contributed by atoms with Gasteiger partial charge < -0.3 is 5.32 Å². The molecule has 0 aliphatic heterocycles. The van der Waals surface area contributed by atoms with Crippen LogP contribution in [0, 0.1) is 0 Å². The van der Waals surface area contributed by atoms with Crippen LogP contribution in [0.5, 0.6) is 0 Å². The minimum absolute atomic E-state index is 0.0900. The lowest BCUT2D eigenvalue weighted by Crippen LogP contribution is -2.23. The fraction of sp³-hybridized carbons (Fsp3) is 0.130. The number of nitrogens with zero attached hydrogens (tertiary/aromatic N) is 1. The zero-order valence-corrected chi connectivity index (χ0v) is 17.3. The third-order valence-electron chi connectivity index (χ3n) is 4.35. The highest BCUT2D eigenvalue weighted by molar-refractivity contribution is 7.98. The Balaban J connectivity index is 1.73. The van der Waals surface area contributed by atoms with Gasteiger partial charge in [-0.05, 0) is 66.3 Å². The Kier molecular flexibility index (Phi) is 6.90. The van der Waals surface area contributed by atoms with E-state index in [2.05, 4.69) is 22.4 Å². The van der Waals surface area contributed by atoms with Crippen LogP contribution in [0.2, 0.25) is 5.02 Å². The van der Waals surface area contributed by atoms with E-state index in [1.54, 1.807) is 24.2 Å². The number of aromatic nitrogens is 1. The number of pyridine rings is 1. The van der Waals surface area contributed by atoms with E-state index in [1.165, 1.54) is 4.90 Å². The minimum atomic E-state index is -0.0900. The van der Waals surface area contributed by atoms with Crippen LogP contribution in [0.4, 0.5) is 0 Å². The second-order valence-electron chi connectivity index (χ2n) is 6.33. The van der Waals surface area contributed by atoms with E-state index in [1.807, 2.05) is 61.7 Å². The molecule has 3 rings (SSSR count). The zero-order chi connectivity index (χ0) is 19.9. The fourth-order valence-corrected chi connectivity index (χ4v) is 3.30. The number of halogens is 1. The van der Waals surface area contributed by atoms with Crippen molar-refractivity contribution in [2.24, 2.45) is 0 Å². The van der Waals surface area contributed by atoms with E-state index in [9.17, 15) is 4.79 Å². The quantitative estimate of drug-likeness (QED) is 0.411. The highest BCUT2D eigenvalue weighted by Gasteiger charge is 2.08. The molecular weight excluding hydrogens is 388 g/mol. The van der Waals surface area contributed by atoms with Crippen LogP contribution >= 0.6 is 23.4 Å². The van der Waals surface area contributed by atoms with Gasteiger partial charge in [-0.2, -0.15) is 0 Å². The lowest BCUT2D eigenvalue weighted by molar-refractivity contribution is -0.117. The maximum atomic E-state index is 12.5. The van der Waals surface area contributed by atoms with Gasteiger partial charge in [-0.25, -0.2) is 0 Å². The van der Waals surface area contributed by atoms with E-state index in [0.717, 1.165) is 22.3 Å². The molecule has 1 heterocycles. The van der Waals surface area contributed by atoms with Gasteiger partial charge in [-0.3, -0.25) is 9.78 Å². The zero-order valence-electron chi connectivity index (χ0n) is 15.8. The van der Waals surface area contributed by atoms with Crippen molar-refractivity contribution < 1.29 is 4.79 Å². The molecule has 1 amide bonds. The predicted octanol–water partition coefficient (Wildman–Crippen LogP) is 5.84. The molecule has 0 aliphatic rings. The van der Waals surface area contributed by atoms with Crippen molar-refractivity contribution in [3.8, 4) is 11.1 Å². The van der Waals surface area contributed by atoms with Crippen molar-refractivity contribution in [3.05, 3.63) is 88.7 Å². The summed E-state index contributed by atoms with van der Waals surface area (Å²) >= 11 is 7.68. The number of hydrogen-bond donors (Lipinski definition) is 1. The number of carbonyl (C=O) groups excluding carboxylic acids is 1. The molecule has 0 bridgehead atoms. The fourth-order valence-electron chi connectivity index (χ4n) is 2.77. The first-order valence-corrected chi connectivity index (χ1v) is 10.5. The molecule has 0 saturated carbocycles. The average molecular weight is 409 g/mol. The van der Waals surface area contributed by atoms with Crippen molar-refractivity contribution in [2.45, 2.75) is 18.4 Å². The van der Waals surface area contributed by atoms with E-state index >= 15 is 0 Å². The molecule has 0 unspecified atom stereocenters. The Morgan fingerprint density at radius 2 is 1.82 bits per heavy atom. The van der Waals surface area contributed by atoms with Crippen LogP contribution in [0.15, 0.2) is 77.5 Å². The Hall–Kier alpha value is -2.56. The second-order valence-corrected chi connectivity index (χ2v) is 7.64. The molecule has 0 aliphatic carbocycles. The lowest BCUT2D eigenvalue weighted by atomic mass is 10.0. The molecule has 5 heteroatoms. The summed E-state index contributed by atoms with van der Waals surface area (Å²) in [7, 11) is 0. The van der Waals surface area contributed by atoms with E-state index < -0.39 is 0 Å². The summed E-state index contributed by atoms with van der Waals surface area (Å²) < 4.78 is 0. The normalized spacial score (nSPS) is 11.3. The van der Waals surface area contributed by atoms with E-state index in [4.69, 9.17) is 11.6 Å². The average Bonchev–Trinajstić information content (AvgIpc) is 2.73. The Morgan fingerprint density at radius 3 is 2.50 bits per heavy atom. The Morgan fingerprint density at radius 1 is 1.11 bits per heavy atom. The summed E-state index contributed by atoms with van der Waals surface area (Å²) in [5.74, 6) is -0.0900. The summed E-state index contributed by atoms with van der Waals surface area (Å²) in [4.78, 5) is 17.9.